The van der Waals surface area contributed by atoms with E-state index in [1.165, 1.54) is 0 Å². The topological polar surface area (TPSA) is 79.5 Å². The molecule has 1 fully saturated rings. The van der Waals surface area contributed by atoms with Crippen molar-refractivity contribution < 1.29 is 14.3 Å². The maximum atomic E-state index is 10.9. The lowest BCUT2D eigenvalue weighted by molar-refractivity contribution is -0.145. The molecular weight excluding hydrogens is 246 g/mol. The first-order valence-corrected chi connectivity index (χ1v) is 6.55. The predicted octanol–water partition coefficient (Wildman–Crippen LogP) is 1.52. The molecule has 106 valence electrons. The third-order valence-electron chi connectivity index (χ3n) is 3.55. The van der Waals surface area contributed by atoms with Crippen molar-refractivity contribution in [3.63, 3.8) is 0 Å². The fourth-order valence-corrected chi connectivity index (χ4v) is 2.07. The Bertz CT molecular complexity index is 458. The molecule has 6 nitrogen and oxygen atoms in total. The van der Waals surface area contributed by atoms with Crippen LogP contribution in [0.2, 0.25) is 0 Å². The van der Waals surface area contributed by atoms with Crippen LogP contribution in [0.1, 0.15) is 39.5 Å². The lowest BCUT2D eigenvalue weighted by atomic mass is 9.87. The molecule has 0 amide bonds. The molecule has 1 aliphatic rings. The number of hydrogen-bond donors (Lipinski definition) is 1. The van der Waals surface area contributed by atoms with E-state index < -0.39 is 5.97 Å². The van der Waals surface area contributed by atoms with Gasteiger partial charge in [0.1, 0.15) is 0 Å². The van der Waals surface area contributed by atoms with Gasteiger partial charge in [-0.2, -0.15) is 0 Å². The number of likely N-dealkylation sites (tertiary alicyclic amines) is 1. The van der Waals surface area contributed by atoms with Gasteiger partial charge in [-0.15, -0.1) is 10.2 Å². The maximum absolute atomic E-state index is 10.9. The number of carbonyl (C=O) groups is 1. The van der Waals surface area contributed by atoms with E-state index in [1.807, 2.05) is 20.8 Å². The second kappa shape index (κ2) is 4.92. The Labute approximate surface area is 112 Å². The summed E-state index contributed by atoms with van der Waals surface area (Å²) in [5.41, 5.74) is -0.138. The highest BCUT2D eigenvalue weighted by atomic mass is 16.4. The molecule has 1 atom stereocenters. The second-order valence-electron chi connectivity index (χ2n) is 6.33. The number of hydrogen-bond acceptors (Lipinski definition) is 5. The van der Waals surface area contributed by atoms with E-state index in [0.717, 1.165) is 13.1 Å². The van der Waals surface area contributed by atoms with Crippen molar-refractivity contribution in [2.24, 2.45) is 11.8 Å². The van der Waals surface area contributed by atoms with Gasteiger partial charge in [0.2, 0.25) is 11.8 Å². The monoisotopic (exact) mass is 267 g/mol. The quantitative estimate of drug-likeness (QED) is 0.891. The van der Waals surface area contributed by atoms with Gasteiger partial charge in [-0.3, -0.25) is 9.69 Å². The summed E-state index contributed by atoms with van der Waals surface area (Å²) in [5, 5.41) is 17.0. The van der Waals surface area contributed by atoms with E-state index in [0.29, 0.717) is 18.3 Å². The van der Waals surface area contributed by atoms with Crippen molar-refractivity contribution in [2.75, 3.05) is 13.1 Å². The maximum Gasteiger partial charge on any atom is 0.306 e. The van der Waals surface area contributed by atoms with Gasteiger partial charge in [-0.25, -0.2) is 0 Å². The minimum atomic E-state index is -0.725. The lowest BCUT2D eigenvalue weighted by Gasteiger charge is -2.40. The number of aliphatic carboxylic acids is 1. The summed E-state index contributed by atoms with van der Waals surface area (Å²) in [6.45, 7) is 10.00. The first-order chi connectivity index (χ1) is 8.77. The summed E-state index contributed by atoms with van der Waals surface area (Å²) >= 11 is 0. The smallest absolute Gasteiger partial charge is 0.306 e. The third kappa shape index (κ3) is 3.12. The zero-order valence-corrected chi connectivity index (χ0v) is 11.9. The molecule has 1 aromatic rings. The van der Waals surface area contributed by atoms with Crippen molar-refractivity contribution in [2.45, 2.75) is 39.7 Å². The minimum absolute atomic E-state index is 0.138. The average molecular weight is 267 g/mol. The summed E-state index contributed by atoms with van der Waals surface area (Å²) in [7, 11) is 0. The normalized spacial score (nSPS) is 19.2. The zero-order chi connectivity index (χ0) is 14.2. The fourth-order valence-electron chi connectivity index (χ4n) is 2.07. The van der Waals surface area contributed by atoms with Crippen LogP contribution in [0.25, 0.3) is 0 Å². The van der Waals surface area contributed by atoms with Crippen LogP contribution in [0, 0.1) is 11.8 Å². The van der Waals surface area contributed by atoms with Crippen molar-refractivity contribution in [3.05, 3.63) is 11.8 Å². The van der Waals surface area contributed by atoms with Crippen LogP contribution in [0.15, 0.2) is 4.42 Å². The van der Waals surface area contributed by atoms with Gasteiger partial charge < -0.3 is 9.52 Å². The number of nitrogens with zero attached hydrogens (tertiary/aromatic N) is 3. The molecule has 0 saturated carbocycles. The number of aromatic nitrogens is 2. The highest BCUT2D eigenvalue weighted by molar-refractivity contribution is 5.70. The molecule has 0 aromatic carbocycles. The van der Waals surface area contributed by atoms with Crippen molar-refractivity contribution in [1.82, 2.24) is 15.1 Å². The van der Waals surface area contributed by atoms with Crippen molar-refractivity contribution in [1.29, 1.82) is 0 Å². The molecule has 19 heavy (non-hydrogen) atoms. The zero-order valence-electron chi connectivity index (χ0n) is 11.9. The van der Waals surface area contributed by atoms with Crippen LogP contribution in [0.5, 0.6) is 0 Å². The minimum Gasteiger partial charge on any atom is -0.481 e. The highest BCUT2D eigenvalue weighted by Crippen LogP contribution is 2.26. The van der Waals surface area contributed by atoms with E-state index >= 15 is 0 Å². The molecular formula is C13H21N3O3. The van der Waals surface area contributed by atoms with Crippen LogP contribution >= 0.6 is 0 Å². The lowest BCUT2D eigenvalue weighted by Crippen LogP contribution is -2.50. The molecule has 1 aromatic heterocycles. The molecule has 2 rings (SSSR count). The molecule has 2 heterocycles. The Morgan fingerprint density at radius 1 is 1.47 bits per heavy atom. The van der Waals surface area contributed by atoms with Crippen molar-refractivity contribution in [3.8, 4) is 0 Å². The van der Waals surface area contributed by atoms with Gasteiger partial charge in [0.15, 0.2) is 0 Å². The van der Waals surface area contributed by atoms with Crippen LogP contribution in [0.3, 0.4) is 0 Å². The van der Waals surface area contributed by atoms with E-state index in [1.54, 1.807) is 6.92 Å². The molecule has 1 unspecified atom stereocenters. The molecule has 6 heteroatoms. The van der Waals surface area contributed by atoms with E-state index in [2.05, 4.69) is 15.1 Å². The Kier molecular flexibility index (Phi) is 3.62. The third-order valence-corrected chi connectivity index (χ3v) is 3.55. The van der Waals surface area contributed by atoms with Gasteiger partial charge in [0, 0.05) is 18.5 Å². The van der Waals surface area contributed by atoms with Gasteiger partial charge in [-0.05, 0) is 5.92 Å². The van der Waals surface area contributed by atoms with Gasteiger partial charge in [0.05, 0.1) is 12.5 Å². The average Bonchev–Trinajstić information content (AvgIpc) is 2.69. The van der Waals surface area contributed by atoms with E-state index in [9.17, 15) is 4.79 Å². The number of rotatable bonds is 4. The summed E-state index contributed by atoms with van der Waals surface area (Å²) < 4.78 is 5.62. The standard InChI is InChI=1S/C13H21N3O3/c1-8(11(17)18)9-5-16(6-9)7-10-14-15-12(19-10)13(2,3)4/h8-9H,5-7H2,1-4H3,(H,17,18). The van der Waals surface area contributed by atoms with Crippen LogP contribution < -0.4 is 0 Å². The molecule has 0 spiro atoms. The number of carboxylic acids is 1. The molecule has 1 saturated heterocycles. The Morgan fingerprint density at radius 2 is 2.11 bits per heavy atom. The largest absolute Gasteiger partial charge is 0.481 e. The van der Waals surface area contributed by atoms with Crippen LogP contribution in [-0.4, -0.2) is 39.3 Å². The SMILES string of the molecule is CC(C(=O)O)C1CN(Cc2nnc(C(C)(C)C)o2)C1. The predicted molar refractivity (Wildman–Crippen MR) is 68.6 cm³/mol. The number of carboxylic acid groups (broad SMARTS) is 1. The Balaban J connectivity index is 1.85. The van der Waals surface area contributed by atoms with E-state index in [-0.39, 0.29) is 17.3 Å². The first-order valence-electron chi connectivity index (χ1n) is 6.55. The summed E-state index contributed by atoms with van der Waals surface area (Å²) in [6.07, 6.45) is 0. The molecule has 0 aliphatic carbocycles. The van der Waals surface area contributed by atoms with Crippen molar-refractivity contribution >= 4 is 5.97 Å². The summed E-state index contributed by atoms with van der Waals surface area (Å²) in [4.78, 5) is 13.0. The molecule has 1 N–H and O–H groups in total. The molecule has 1 aliphatic heterocycles. The van der Waals surface area contributed by atoms with Gasteiger partial charge >= 0.3 is 5.97 Å². The first kappa shape index (κ1) is 14.0. The van der Waals surface area contributed by atoms with Gasteiger partial charge in [-0.1, -0.05) is 27.7 Å². The molecule has 0 bridgehead atoms. The van der Waals surface area contributed by atoms with Crippen LogP contribution in [-0.2, 0) is 16.8 Å². The second-order valence-corrected chi connectivity index (χ2v) is 6.33. The Hall–Kier alpha value is -1.43. The summed E-state index contributed by atoms with van der Waals surface area (Å²) in [5.74, 6) is 0.453. The van der Waals surface area contributed by atoms with Crippen LogP contribution in [0.4, 0.5) is 0 Å². The highest BCUT2D eigenvalue weighted by Gasteiger charge is 2.35. The molecule has 0 radical (unpaired) electrons. The van der Waals surface area contributed by atoms with E-state index in [4.69, 9.17) is 9.52 Å². The van der Waals surface area contributed by atoms with Gasteiger partial charge in [0.25, 0.3) is 0 Å². The summed E-state index contributed by atoms with van der Waals surface area (Å²) in [6, 6.07) is 0. The Morgan fingerprint density at radius 3 is 2.58 bits per heavy atom. The fraction of sp³-hybridized carbons (Fsp3) is 0.769.